The fourth-order valence-electron chi connectivity index (χ4n) is 6.71. The molecule has 3 aromatic rings. The molecule has 43 heavy (non-hydrogen) atoms. The molecule has 1 fully saturated rings. The molecule has 1 N–H and O–H groups in total. The van der Waals surface area contributed by atoms with Gasteiger partial charge in [0.15, 0.2) is 0 Å². The zero-order valence-corrected chi connectivity index (χ0v) is 23.3. The van der Waals surface area contributed by atoms with Crippen molar-refractivity contribution in [2.75, 3.05) is 26.2 Å². The summed E-state index contributed by atoms with van der Waals surface area (Å²) in [4.78, 5) is 30.6. The molecular formula is C33H30F5N3O2. The van der Waals surface area contributed by atoms with Gasteiger partial charge in [0.1, 0.15) is 23.6 Å². The molecule has 0 unspecified atom stereocenters. The predicted molar refractivity (Wildman–Crippen MR) is 151 cm³/mol. The van der Waals surface area contributed by atoms with Crippen molar-refractivity contribution in [1.82, 2.24) is 15.1 Å². The number of fused-ring (bicyclic) bond motifs is 4. The maximum absolute atomic E-state index is 14.5. The summed E-state index contributed by atoms with van der Waals surface area (Å²) in [5.74, 6) is -2.20. The molecule has 2 amide bonds. The van der Waals surface area contributed by atoms with E-state index in [1.54, 1.807) is 6.08 Å². The zero-order valence-electron chi connectivity index (χ0n) is 23.3. The van der Waals surface area contributed by atoms with Gasteiger partial charge in [-0.2, -0.15) is 13.2 Å². The Labute approximate surface area is 246 Å². The van der Waals surface area contributed by atoms with Gasteiger partial charge in [-0.1, -0.05) is 42.5 Å². The maximum atomic E-state index is 14.5. The molecule has 10 heteroatoms. The molecule has 0 radical (unpaired) electrons. The largest absolute Gasteiger partial charge is 0.405 e. The molecule has 0 saturated carbocycles. The summed E-state index contributed by atoms with van der Waals surface area (Å²) < 4.78 is 68.3. The first kappa shape index (κ1) is 29.0. The Kier molecular flexibility index (Phi) is 7.58. The number of nitrogens with one attached hydrogen (secondary N) is 1. The van der Waals surface area contributed by atoms with Gasteiger partial charge in [0.05, 0.1) is 0 Å². The molecule has 1 saturated heterocycles. The number of benzene rings is 3. The van der Waals surface area contributed by atoms with Crippen molar-refractivity contribution in [1.29, 1.82) is 0 Å². The van der Waals surface area contributed by atoms with Crippen LogP contribution in [0, 0.1) is 11.6 Å². The highest BCUT2D eigenvalue weighted by atomic mass is 19.4. The summed E-state index contributed by atoms with van der Waals surface area (Å²) in [5, 5.41) is 1.97. The summed E-state index contributed by atoms with van der Waals surface area (Å²) in [6.07, 6.45) is 0.407. The number of alkyl halides is 3. The Morgan fingerprint density at radius 3 is 2.14 bits per heavy atom. The van der Waals surface area contributed by atoms with Crippen LogP contribution in [0.15, 0.2) is 72.8 Å². The molecule has 1 aliphatic carbocycles. The Balaban J connectivity index is 1.18. The summed E-state index contributed by atoms with van der Waals surface area (Å²) in [5.41, 5.74) is 1.43. The molecule has 0 bridgehead atoms. The Morgan fingerprint density at radius 1 is 0.907 bits per heavy atom. The van der Waals surface area contributed by atoms with Crippen molar-refractivity contribution in [3.63, 3.8) is 0 Å². The summed E-state index contributed by atoms with van der Waals surface area (Å²) in [6.45, 7) is 1.06. The lowest BCUT2D eigenvalue weighted by molar-refractivity contribution is -0.140. The summed E-state index contributed by atoms with van der Waals surface area (Å²) in [7, 11) is 0. The molecule has 2 aliphatic heterocycles. The van der Waals surface area contributed by atoms with E-state index in [2.05, 4.69) is 4.90 Å². The number of hydrogen-bond acceptors (Lipinski definition) is 3. The van der Waals surface area contributed by atoms with E-state index in [4.69, 9.17) is 0 Å². The number of nitrogens with zero attached hydrogens (tertiary/aromatic N) is 2. The fraction of sp³-hybridized carbons (Fsp3) is 0.333. The Morgan fingerprint density at radius 2 is 1.53 bits per heavy atom. The van der Waals surface area contributed by atoms with Crippen molar-refractivity contribution >= 4 is 11.8 Å². The van der Waals surface area contributed by atoms with E-state index in [1.165, 1.54) is 24.3 Å². The normalized spacial score (nSPS) is 18.2. The van der Waals surface area contributed by atoms with E-state index >= 15 is 0 Å². The first-order valence-electron chi connectivity index (χ1n) is 14.3. The van der Waals surface area contributed by atoms with Crippen LogP contribution in [0.5, 0.6) is 0 Å². The number of carbonyl (C=O) groups is 2. The van der Waals surface area contributed by atoms with E-state index in [0.717, 1.165) is 49.2 Å². The van der Waals surface area contributed by atoms with Crippen molar-refractivity contribution < 1.29 is 31.5 Å². The van der Waals surface area contributed by atoms with E-state index in [1.807, 2.05) is 40.6 Å². The number of allylic oxidation sites excluding steroid dienone is 1. The second kappa shape index (κ2) is 11.2. The third-order valence-corrected chi connectivity index (χ3v) is 8.81. The van der Waals surface area contributed by atoms with Crippen molar-refractivity contribution in [3.05, 3.63) is 107 Å². The molecule has 0 aromatic heterocycles. The third kappa shape index (κ3) is 5.44. The van der Waals surface area contributed by atoms with Crippen LogP contribution in [0.1, 0.15) is 46.3 Å². The molecule has 6 rings (SSSR count). The van der Waals surface area contributed by atoms with Gasteiger partial charge < -0.3 is 10.2 Å². The average molecular weight is 596 g/mol. The molecular weight excluding hydrogens is 565 g/mol. The van der Waals surface area contributed by atoms with Gasteiger partial charge in [0, 0.05) is 37.8 Å². The minimum absolute atomic E-state index is 0.0630. The number of halogens is 5. The van der Waals surface area contributed by atoms with Crippen LogP contribution in [0.2, 0.25) is 0 Å². The molecule has 2 heterocycles. The van der Waals surface area contributed by atoms with Crippen molar-refractivity contribution in [3.8, 4) is 11.1 Å². The van der Waals surface area contributed by atoms with Crippen LogP contribution in [0.4, 0.5) is 22.0 Å². The minimum Gasteiger partial charge on any atom is -0.346 e. The Hall–Kier alpha value is -4.05. The number of carbonyl (C=O) groups excluding carboxylic acids is 2. The predicted octanol–water partition coefficient (Wildman–Crippen LogP) is 5.98. The van der Waals surface area contributed by atoms with Gasteiger partial charge in [0.25, 0.3) is 5.91 Å². The van der Waals surface area contributed by atoms with E-state index in [9.17, 15) is 31.5 Å². The number of rotatable bonds is 7. The minimum atomic E-state index is -4.66. The van der Waals surface area contributed by atoms with E-state index in [0.29, 0.717) is 24.2 Å². The van der Waals surface area contributed by atoms with Crippen molar-refractivity contribution in [2.45, 2.75) is 43.4 Å². The highest BCUT2D eigenvalue weighted by molar-refractivity contribution is 6.01. The standard InChI is InChI=1S/C33H30F5N3O2/c34-22-7-9-26-27-10-8-23(35)18-29(27)32(28(26)17-22,31(43)39-20-33(36,37)38)13-3-4-14-40-15-11-24(12-16-40)41-19-21-5-1-2-6-25(21)30(41)42/h1-10,17-18,24H,11-16,19-20H2,(H,39,43)/b4-3+. The van der Waals surface area contributed by atoms with E-state index in [-0.39, 0.29) is 29.5 Å². The highest BCUT2D eigenvalue weighted by Gasteiger charge is 2.49. The smallest absolute Gasteiger partial charge is 0.346 e. The number of likely N-dealkylation sites (tertiary alicyclic amines) is 1. The molecule has 0 atom stereocenters. The molecule has 3 aromatic carbocycles. The zero-order chi connectivity index (χ0) is 30.4. The van der Waals surface area contributed by atoms with Crippen LogP contribution < -0.4 is 5.32 Å². The number of hydrogen-bond donors (Lipinski definition) is 1. The second-order valence-corrected chi connectivity index (χ2v) is 11.4. The van der Waals surface area contributed by atoms with Gasteiger partial charge >= 0.3 is 6.18 Å². The first-order chi connectivity index (χ1) is 20.6. The first-order valence-corrected chi connectivity index (χ1v) is 14.3. The quantitative estimate of drug-likeness (QED) is 0.270. The van der Waals surface area contributed by atoms with Crippen LogP contribution in [-0.2, 0) is 16.8 Å². The van der Waals surface area contributed by atoms with Crippen LogP contribution in [0.3, 0.4) is 0 Å². The van der Waals surface area contributed by atoms with Crippen LogP contribution >= 0.6 is 0 Å². The van der Waals surface area contributed by atoms with Gasteiger partial charge in [-0.3, -0.25) is 14.5 Å². The van der Waals surface area contributed by atoms with Gasteiger partial charge in [-0.15, -0.1) is 0 Å². The van der Waals surface area contributed by atoms with Gasteiger partial charge in [0.2, 0.25) is 5.91 Å². The fourth-order valence-corrected chi connectivity index (χ4v) is 6.71. The van der Waals surface area contributed by atoms with E-state index < -0.39 is 35.7 Å². The molecule has 3 aliphatic rings. The molecule has 0 spiro atoms. The molecule has 5 nitrogen and oxygen atoms in total. The number of amides is 2. The third-order valence-electron chi connectivity index (χ3n) is 8.81. The topological polar surface area (TPSA) is 52.7 Å². The van der Waals surface area contributed by atoms with Crippen LogP contribution in [-0.4, -0.2) is 60.0 Å². The summed E-state index contributed by atoms with van der Waals surface area (Å²) >= 11 is 0. The van der Waals surface area contributed by atoms with Crippen molar-refractivity contribution in [2.24, 2.45) is 0 Å². The SMILES string of the molecule is O=C1c2ccccc2CN1C1CCN(C/C=C/CC2(C(=O)NCC(F)(F)F)c3cc(F)ccc3-c3ccc(F)cc32)CC1. The maximum Gasteiger partial charge on any atom is 0.405 e. The lowest BCUT2D eigenvalue weighted by atomic mass is 9.74. The average Bonchev–Trinajstić information content (AvgIpc) is 3.46. The second-order valence-electron chi connectivity index (χ2n) is 11.4. The molecule has 224 valence electrons. The Bertz CT molecular complexity index is 1540. The summed E-state index contributed by atoms with van der Waals surface area (Å²) in [6, 6.07) is 15.4. The lowest BCUT2D eigenvalue weighted by Crippen LogP contribution is -2.47. The van der Waals surface area contributed by atoms with Gasteiger partial charge in [-0.25, -0.2) is 8.78 Å². The van der Waals surface area contributed by atoms with Gasteiger partial charge in [-0.05, 0) is 77.4 Å². The highest BCUT2D eigenvalue weighted by Crippen LogP contribution is 2.51. The van der Waals surface area contributed by atoms with Crippen LogP contribution in [0.25, 0.3) is 11.1 Å². The number of piperidine rings is 1. The lowest BCUT2D eigenvalue weighted by Gasteiger charge is -2.36. The monoisotopic (exact) mass is 595 g/mol.